The van der Waals surface area contributed by atoms with Gasteiger partial charge < -0.3 is 10.2 Å². The maximum absolute atomic E-state index is 12.6. The second kappa shape index (κ2) is 2.52. The van der Waals surface area contributed by atoms with Crippen LogP contribution in [0.4, 0.5) is 0 Å². The van der Waals surface area contributed by atoms with Crippen molar-refractivity contribution in [2.45, 2.75) is 51.7 Å². The van der Waals surface area contributed by atoms with Crippen LogP contribution in [-0.2, 0) is 4.79 Å². The van der Waals surface area contributed by atoms with Gasteiger partial charge in [0.1, 0.15) is 5.60 Å². The lowest BCUT2D eigenvalue weighted by Crippen LogP contribution is -2.50. The zero-order chi connectivity index (χ0) is 13.1. The Balaban J connectivity index is 2.04. The van der Waals surface area contributed by atoms with Crippen LogP contribution in [-0.4, -0.2) is 27.7 Å². The van der Waals surface area contributed by atoms with Gasteiger partial charge >= 0.3 is 0 Å². The van der Waals surface area contributed by atoms with Crippen molar-refractivity contribution < 1.29 is 15.0 Å². The fourth-order valence-electron chi connectivity index (χ4n) is 4.30. The van der Waals surface area contributed by atoms with Gasteiger partial charge in [0.05, 0.1) is 6.10 Å². The van der Waals surface area contributed by atoms with E-state index in [0.29, 0.717) is 5.57 Å². The number of carbonyl (C=O) groups is 1. The minimum Gasteiger partial charge on any atom is -0.387 e. The minimum atomic E-state index is -1.28. The smallest absolute Gasteiger partial charge is 0.195 e. The Hall–Kier alpha value is -0.930. The van der Waals surface area contributed by atoms with Crippen molar-refractivity contribution in [3.05, 3.63) is 22.3 Å². The quantitative estimate of drug-likeness (QED) is 0.681. The summed E-state index contributed by atoms with van der Waals surface area (Å²) in [5, 5.41) is 21.1. The molecule has 18 heavy (non-hydrogen) atoms. The predicted molar refractivity (Wildman–Crippen MR) is 65.8 cm³/mol. The summed E-state index contributed by atoms with van der Waals surface area (Å²) in [4.78, 5) is 12.6. The third kappa shape index (κ3) is 0.827. The lowest BCUT2D eigenvalue weighted by atomic mass is 9.67. The van der Waals surface area contributed by atoms with E-state index in [0.717, 1.165) is 36.0 Å². The van der Waals surface area contributed by atoms with Gasteiger partial charge in [-0.15, -0.1) is 0 Å². The summed E-state index contributed by atoms with van der Waals surface area (Å²) >= 11 is 0. The van der Waals surface area contributed by atoms with Crippen molar-refractivity contribution in [1.29, 1.82) is 0 Å². The predicted octanol–water partition coefficient (Wildman–Crippen LogP) is 1.50. The normalized spacial score (nSPS) is 47.6. The van der Waals surface area contributed by atoms with Crippen molar-refractivity contribution >= 4 is 5.78 Å². The van der Waals surface area contributed by atoms with E-state index in [4.69, 9.17) is 0 Å². The molecule has 0 radical (unpaired) electrons. The Bertz CT molecular complexity index is 575. The fraction of sp³-hybridized carbons (Fsp3) is 0.667. The van der Waals surface area contributed by atoms with E-state index in [9.17, 15) is 15.0 Å². The Morgan fingerprint density at radius 1 is 1.28 bits per heavy atom. The summed E-state index contributed by atoms with van der Waals surface area (Å²) in [7, 11) is 0. The first kappa shape index (κ1) is 10.9. The molecule has 2 saturated carbocycles. The number of hydrogen-bond donors (Lipinski definition) is 2. The summed E-state index contributed by atoms with van der Waals surface area (Å²) in [6, 6.07) is 0. The molecule has 3 heteroatoms. The molecular weight excluding hydrogens is 228 g/mol. The van der Waals surface area contributed by atoms with Crippen molar-refractivity contribution in [2.24, 2.45) is 10.8 Å². The standard InChI is InChI=1S/C15H18O3/c1-7-9-10(8-6-13(8,2)11(9)16)12(17)14(3,18)15(7)4-5-15/h11,16,18H,4-6H2,1-3H3/t11-,13+,14+/m1/s1. The van der Waals surface area contributed by atoms with Crippen molar-refractivity contribution in [1.82, 2.24) is 0 Å². The van der Waals surface area contributed by atoms with E-state index in [1.165, 1.54) is 0 Å². The van der Waals surface area contributed by atoms with Crippen LogP contribution in [0.2, 0.25) is 0 Å². The van der Waals surface area contributed by atoms with Gasteiger partial charge in [-0.05, 0) is 44.3 Å². The number of Topliss-reactive ketones (excluding diaryl/α,β-unsaturated/α-hetero) is 1. The van der Waals surface area contributed by atoms with Crippen LogP contribution in [0.15, 0.2) is 22.3 Å². The largest absolute Gasteiger partial charge is 0.387 e. The summed E-state index contributed by atoms with van der Waals surface area (Å²) in [5.41, 5.74) is 1.71. The molecule has 4 aliphatic rings. The molecule has 0 aromatic rings. The van der Waals surface area contributed by atoms with Gasteiger partial charge in [0.15, 0.2) is 5.78 Å². The van der Waals surface area contributed by atoms with Gasteiger partial charge in [-0.25, -0.2) is 0 Å². The molecule has 0 aromatic heterocycles. The molecule has 0 bridgehead atoms. The van der Waals surface area contributed by atoms with E-state index in [1.54, 1.807) is 6.92 Å². The molecule has 0 unspecified atom stereocenters. The molecule has 0 aliphatic heterocycles. The first-order valence-electron chi connectivity index (χ1n) is 6.68. The summed E-state index contributed by atoms with van der Waals surface area (Å²) in [5.74, 6) is -0.157. The Kier molecular flexibility index (Phi) is 1.53. The topological polar surface area (TPSA) is 57.5 Å². The van der Waals surface area contributed by atoms with Crippen LogP contribution in [0, 0.1) is 10.8 Å². The van der Waals surface area contributed by atoms with Gasteiger partial charge in [-0.3, -0.25) is 4.79 Å². The zero-order valence-electron chi connectivity index (χ0n) is 11.0. The lowest BCUT2D eigenvalue weighted by molar-refractivity contribution is -0.138. The lowest BCUT2D eigenvalue weighted by Gasteiger charge is -2.40. The second-order valence-corrected chi connectivity index (χ2v) is 6.87. The molecule has 4 rings (SSSR count). The van der Waals surface area contributed by atoms with Crippen LogP contribution in [0.25, 0.3) is 0 Å². The van der Waals surface area contributed by atoms with Crippen molar-refractivity contribution in [2.75, 3.05) is 0 Å². The summed E-state index contributed by atoms with van der Waals surface area (Å²) in [6.07, 6.45) is 1.97. The maximum Gasteiger partial charge on any atom is 0.195 e. The van der Waals surface area contributed by atoms with Crippen LogP contribution in [0.5, 0.6) is 0 Å². The molecule has 2 fully saturated rings. The highest BCUT2D eigenvalue weighted by Crippen LogP contribution is 2.71. The first-order valence-corrected chi connectivity index (χ1v) is 6.68. The number of hydrogen-bond acceptors (Lipinski definition) is 3. The van der Waals surface area contributed by atoms with Crippen LogP contribution < -0.4 is 0 Å². The third-order valence-corrected chi connectivity index (χ3v) is 6.03. The summed E-state index contributed by atoms with van der Waals surface area (Å²) < 4.78 is 0. The number of carbonyl (C=O) groups excluding carboxylic acids is 1. The molecule has 3 atom stereocenters. The molecule has 1 spiro atoms. The van der Waals surface area contributed by atoms with E-state index >= 15 is 0 Å². The van der Waals surface area contributed by atoms with Gasteiger partial charge in [0.2, 0.25) is 0 Å². The molecule has 0 aromatic carbocycles. The number of fused-ring (bicyclic) bond motifs is 2. The molecule has 4 aliphatic carbocycles. The Morgan fingerprint density at radius 2 is 1.89 bits per heavy atom. The van der Waals surface area contributed by atoms with E-state index < -0.39 is 17.1 Å². The average Bonchev–Trinajstić information content (AvgIpc) is 3.16. The Morgan fingerprint density at radius 3 is 2.44 bits per heavy atom. The molecule has 96 valence electrons. The van der Waals surface area contributed by atoms with Gasteiger partial charge in [-0.2, -0.15) is 0 Å². The highest BCUT2D eigenvalue weighted by Gasteiger charge is 2.70. The first-order chi connectivity index (χ1) is 8.27. The SMILES string of the molecule is CC1=C2C(=C3C[C@]3(C)[C@@H]2O)C(=O)[C@](C)(O)C12CC2. The second-order valence-electron chi connectivity index (χ2n) is 6.87. The van der Waals surface area contributed by atoms with E-state index in [2.05, 4.69) is 0 Å². The van der Waals surface area contributed by atoms with Gasteiger partial charge in [0, 0.05) is 16.4 Å². The third-order valence-electron chi connectivity index (χ3n) is 6.03. The van der Waals surface area contributed by atoms with Crippen molar-refractivity contribution in [3.63, 3.8) is 0 Å². The average molecular weight is 246 g/mol. The number of aliphatic hydroxyl groups is 2. The minimum absolute atomic E-state index is 0.157. The Labute approximate surface area is 106 Å². The van der Waals surface area contributed by atoms with Crippen LogP contribution >= 0.6 is 0 Å². The number of aliphatic hydroxyl groups excluding tert-OH is 1. The van der Waals surface area contributed by atoms with Crippen LogP contribution in [0.1, 0.15) is 40.0 Å². The van der Waals surface area contributed by atoms with Gasteiger partial charge in [0.25, 0.3) is 0 Å². The van der Waals surface area contributed by atoms with Gasteiger partial charge in [-0.1, -0.05) is 12.5 Å². The molecule has 0 amide bonds. The maximum atomic E-state index is 12.6. The number of rotatable bonds is 0. The van der Waals surface area contributed by atoms with Crippen molar-refractivity contribution in [3.8, 4) is 0 Å². The number of ketones is 1. The molecular formula is C15H18O3. The fourth-order valence-corrected chi connectivity index (χ4v) is 4.30. The molecule has 2 N–H and O–H groups in total. The van der Waals surface area contributed by atoms with E-state index in [1.807, 2.05) is 13.8 Å². The molecule has 3 nitrogen and oxygen atoms in total. The molecule has 0 heterocycles. The van der Waals surface area contributed by atoms with E-state index in [-0.39, 0.29) is 11.2 Å². The summed E-state index contributed by atoms with van der Waals surface area (Å²) in [6.45, 7) is 5.65. The monoisotopic (exact) mass is 246 g/mol. The highest BCUT2D eigenvalue weighted by molar-refractivity contribution is 6.11. The van der Waals surface area contributed by atoms with Crippen LogP contribution in [0.3, 0.4) is 0 Å². The highest BCUT2D eigenvalue weighted by atomic mass is 16.3. The molecule has 0 saturated heterocycles. The zero-order valence-corrected chi connectivity index (χ0v) is 11.0.